The molecule has 4 nitrogen and oxygen atoms in total. The first-order chi connectivity index (χ1) is 10.1. The van der Waals surface area contributed by atoms with E-state index >= 15 is 0 Å². The molecule has 0 bridgehead atoms. The minimum atomic E-state index is -0.0631. The molecule has 9 heteroatoms. The number of rotatable bonds is 3. The van der Waals surface area contributed by atoms with Crippen molar-refractivity contribution in [2.75, 3.05) is 13.1 Å². The maximum absolute atomic E-state index is 12.3. The van der Waals surface area contributed by atoms with Gasteiger partial charge >= 0.3 is 0 Å². The summed E-state index contributed by atoms with van der Waals surface area (Å²) < 4.78 is 1.05. The van der Waals surface area contributed by atoms with Crippen LogP contribution in [0.4, 0.5) is 0 Å². The van der Waals surface area contributed by atoms with Crippen molar-refractivity contribution < 1.29 is 4.79 Å². The van der Waals surface area contributed by atoms with Gasteiger partial charge in [0.2, 0.25) is 0 Å². The Morgan fingerprint density at radius 3 is 2.83 bits per heavy atom. The first kappa shape index (κ1) is 20.9. The van der Waals surface area contributed by atoms with Crippen molar-refractivity contribution in [1.82, 2.24) is 15.6 Å². The number of aromatic nitrogens is 1. The Morgan fingerprint density at radius 2 is 2.17 bits per heavy atom. The molecule has 0 spiro atoms. The second-order valence-corrected chi connectivity index (χ2v) is 7.90. The lowest BCUT2D eigenvalue weighted by Crippen LogP contribution is -2.48. The van der Waals surface area contributed by atoms with Crippen LogP contribution in [0, 0.1) is 5.92 Å². The van der Waals surface area contributed by atoms with Crippen LogP contribution in [0.25, 0.3) is 9.88 Å². The first-order valence-corrected chi connectivity index (χ1v) is 9.40. The van der Waals surface area contributed by atoms with Gasteiger partial charge in [0.15, 0.2) is 0 Å². The van der Waals surface area contributed by atoms with Gasteiger partial charge in [0.05, 0.1) is 4.88 Å². The zero-order valence-corrected chi connectivity index (χ0v) is 17.2. The zero-order valence-electron chi connectivity index (χ0n) is 12.4. The molecule has 1 fully saturated rings. The van der Waals surface area contributed by atoms with Gasteiger partial charge in [-0.05, 0) is 47.4 Å². The van der Waals surface area contributed by atoms with Crippen LogP contribution in [0.1, 0.15) is 23.8 Å². The molecular weight excluding hydrogens is 441 g/mol. The number of nitrogens with zero attached hydrogens (tertiary/aromatic N) is 1. The average Bonchev–Trinajstić information content (AvgIpc) is 3.10. The van der Waals surface area contributed by atoms with Crippen molar-refractivity contribution >= 4 is 69.3 Å². The molecule has 1 aliphatic heterocycles. The molecule has 0 saturated carbocycles. The molecule has 0 aromatic carbocycles. The predicted molar refractivity (Wildman–Crippen MR) is 106 cm³/mol. The molecule has 3 rings (SSSR count). The van der Waals surface area contributed by atoms with Gasteiger partial charge in [-0.3, -0.25) is 4.79 Å². The fraction of sp³-hybridized carbons (Fsp3) is 0.429. The molecule has 1 amide bonds. The molecule has 2 atom stereocenters. The monoisotopic (exact) mass is 457 g/mol. The van der Waals surface area contributed by atoms with Crippen molar-refractivity contribution in [2.45, 2.75) is 19.4 Å². The molecule has 2 unspecified atom stereocenters. The van der Waals surface area contributed by atoms with Crippen LogP contribution in [-0.2, 0) is 0 Å². The normalized spacial score (nSPS) is 20.3. The molecule has 3 heterocycles. The van der Waals surface area contributed by atoms with Crippen LogP contribution in [-0.4, -0.2) is 30.0 Å². The van der Waals surface area contributed by atoms with E-state index in [4.69, 9.17) is 0 Å². The Kier molecular flexibility index (Phi) is 8.47. The summed E-state index contributed by atoms with van der Waals surface area (Å²) in [7, 11) is 0. The highest BCUT2D eigenvalue weighted by molar-refractivity contribution is 9.10. The van der Waals surface area contributed by atoms with Crippen molar-refractivity contribution in [3.63, 3.8) is 0 Å². The smallest absolute Gasteiger partial charge is 0.271 e. The third-order valence-corrected chi connectivity index (χ3v) is 6.32. The van der Waals surface area contributed by atoms with Gasteiger partial charge in [-0.1, -0.05) is 6.92 Å². The third kappa shape index (κ3) is 5.14. The van der Waals surface area contributed by atoms with E-state index < -0.39 is 0 Å². The van der Waals surface area contributed by atoms with E-state index in [1.54, 1.807) is 11.3 Å². The van der Waals surface area contributed by atoms with E-state index in [2.05, 4.69) is 38.5 Å². The second-order valence-electron chi connectivity index (χ2n) is 5.22. The Morgan fingerprint density at radius 1 is 1.39 bits per heavy atom. The molecule has 0 radical (unpaired) electrons. The van der Waals surface area contributed by atoms with E-state index in [0.717, 1.165) is 33.9 Å². The average molecular weight is 459 g/mol. The molecular formula is C14H18BrCl2N3OS2. The standard InChI is InChI=1S/C14H16BrN3OS2.2ClH/c1-8-5-16-3-2-10(8)17-13(19)11-7-21-14(18-11)12-4-9(15)6-20-12;;/h4,6-8,10,16H,2-3,5H2,1H3,(H,17,19);2*1H. The van der Waals surface area contributed by atoms with Crippen molar-refractivity contribution in [3.05, 3.63) is 27.0 Å². The number of halogens is 3. The van der Waals surface area contributed by atoms with E-state index in [1.807, 2.05) is 16.8 Å². The lowest BCUT2D eigenvalue weighted by molar-refractivity contribution is 0.0910. The highest BCUT2D eigenvalue weighted by atomic mass is 79.9. The quantitative estimate of drug-likeness (QED) is 0.724. The fourth-order valence-corrected chi connectivity index (χ4v) is 4.69. The molecule has 1 saturated heterocycles. The largest absolute Gasteiger partial charge is 0.348 e. The third-order valence-electron chi connectivity index (χ3n) is 3.62. The summed E-state index contributed by atoms with van der Waals surface area (Å²) in [5.41, 5.74) is 0.519. The zero-order chi connectivity index (χ0) is 14.8. The topological polar surface area (TPSA) is 54.0 Å². The van der Waals surface area contributed by atoms with Gasteiger partial charge in [-0.2, -0.15) is 0 Å². The van der Waals surface area contributed by atoms with Gasteiger partial charge in [0.1, 0.15) is 10.7 Å². The highest BCUT2D eigenvalue weighted by Gasteiger charge is 2.24. The molecule has 2 aromatic heterocycles. The number of piperidine rings is 1. The SMILES string of the molecule is CC1CNCCC1NC(=O)c1csc(-c2cc(Br)cs2)n1.Cl.Cl. The van der Waals surface area contributed by atoms with Crippen LogP contribution in [0.2, 0.25) is 0 Å². The van der Waals surface area contributed by atoms with Crippen LogP contribution >= 0.6 is 63.4 Å². The Hall–Kier alpha value is -0.180. The van der Waals surface area contributed by atoms with Crippen LogP contribution < -0.4 is 10.6 Å². The lowest BCUT2D eigenvalue weighted by Gasteiger charge is -2.29. The minimum absolute atomic E-state index is 0. The maximum Gasteiger partial charge on any atom is 0.271 e. The first-order valence-electron chi connectivity index (χ1n) is 6.85. The molecule has 23 heavy (non-hydrogen) atoms. The Balaban J connectivity index is 0.00000132. The molecule has 0 aliphatic carbocycles. The Bertz CT molecular complexity index is 650. The summed E-state index contributed by atoms with van der Waals surface area (Å²) >= 11 is 6.58. The number of carbonyl (C=O) groups is 1. The van der Waals surface area contributed by atoms with E-state index in [9.17, 15) is 4.79 Å². The summed E-state index contributed by atoms with van der Waals surface area (Å²) in [4.78, 5) is 17.9. The Labute approximate surface area is 164 Å². The predicted octanol–water partition coefficient (Wildman–Crippen LogP) is 4.21. The van der Waals surface area contributed by atoms with Gasteiger partial charge in [-0.25, -0.2) is 4.98 Å². The second kappa shape index (κ2) is 9.34. The molecule has 128 valence electrons. The maximum atomic E-state index is 12.3. The van der Waals surface area contributed by atoms with E-state index in [0.29, 0.717) is 11.6 Å². The lowest BCUT2D eigenvalue weighted by atomic mass is 9.95. The van der Waals surface area contributed by atoms with Crippen LogP contribution in [0.5, 0.6) is 0 Å². The number of hydrogen-bond donors (Lipinski definition) is 2. The summed E-state index contributed by atoms with van der Waals surface area (Å²) in [5, 5.41) is 11.2. The van der Waals surface area contributed by atoms with E-state index in [-0.39, 0.29) is 36.8 Å². The number of nitrogens with one attached hydrogen (secondary N) is 2. The van der Waals surface area contributed by atoms with Gasteiger partial charge in [-0.15, -0.1) is 47.5 Å². The fourth-order valence-electron chi connectivity index (χ4n) is 2.39. The van der Waals surface area contributed by atoms with Crippen molar-refractivity contribution in [1.29, 1.82) is 0 Å². The minimum Gasteiger partial charge on any atom is -0.348 e. The summed E-state index contributed by atoms with van der Waals surface area (Å²) in [5.74, 6) is 0.390. The number of hydrogen-bond acceptors (Lipinski definition) is 5. The van der Waals surface area contributed by atoms with Crippen LogP contribution in [0.3, 0.4) is 0 Å². The summed E-state index contributed by atoms with van der Waals surface area (Å²) in [6, 6.07) is 2.26. The van der Waals surface area contributed by atoms with Crippen molar-refractivity contribution in [3.8, 4) is 9.88 Å². The number of thiophene rings is 1. The number of thiazole rings is 1. The molecule has 1 aliphatic rings. The molecule has 2 aromatic rings. The summed E-state index contributed by atoms with van der Waals surface area (Å²) in [6.45, 7) is 4.07. The van der Waals surface area contributed by atoms with Crippen molar-refractivity contribution in [2.24, 2.45) is 5.92 Å². The number of amides is 1. The van der Waals surface area contributed by atoms with E-state index in [1.165, 1.54) is 11.3 Å². The summed E-state index contributed by atoms with van der Waals surface area (Å²) in [6.07, 6.45) is 0.974. The highest BCUT2D eigenvalue weighted by Crippen LogP contribution is 2.32. The molecule has 2 N–H and O–H groups in total. The number of carbonyl (C=O) groups excluding carboxylic acids is 1. The van der Waals surface area contributed by atoms with Gasteiger partial charge < -0.3 is 10.6 Å². The van der Waals surface area contributed by atoms with Gasteiger partial charge in [0.25, 0.3) is 5.91 Å². The van der Waals surface area contributed by atoms with Crippen LogP contribution in [0.15, 0.2) is 21.3 Å². The van der Waals surface area contributed by atoms with Gasteiger partial charge in [0, 0.05) is 21.3 Å².